The van der Waals surface area contributed by atoms with Crippen molar-refractivity contribution in [2.24, 2.45) is 5.92 Å². The van der Waals surface area contributed by atoms with Crippen molar-refractivity contribution in [1.82, 2.24) is 0 Å². The molecule has 2 heterocycles. The number of hydrogen-bond acceptors (Lipinski definition) is 8. The summed E-state index contributed by atoms with van der Waals surface area (Å²) in [5.74, 6) is 0.0100. The molecule has 5 rings (SSSR count). The molecule has 0 radical (unpaired) electrons. The summed E-state index contributed by atoms with van der Waals surface area (Å²) >= 11 is 0. The minimum absolute atomic E-state index is 0.00782. The summed E-state index contributed by atoms with van der Waals surface area (Å²) in [6, 6.07) is 20.0. The number of aliphatic hydroxyl groups excluding tert-OH is 1. The van der Waals surface area contributed by atoms with E-state index in [-0.39, 0.29) is 54.2 Å². The Morgan fingerprint density at radius 1 is 0.710 bits per heavy atom. The Morgan fingerprint density at radius 2 is 1.29 bits per heavy atom. The molecule has 0 aromatic heterocycles. The zero-order valence-electron chi connectivity index (χ0n) is 38.5. The number of amides is 1. The maximum atomic E-state index is 14.1. The highest BCUT2D eigenvalue weighted by Crippen LogP contribution is 2.49. The zero-order valence-corrected chi connectivity index (χ0v) is 38.5. The van der Waals surface area contributed by atoms with Gasteiger partial charge in [-0.15, -0.1) is 0 Å². The molecule has 2 unspecified atom stereocenters. The Bertz CT molecular complexity index is 1720. The highest BCUT2D eigenvalue weighted by molar-refractivity contribution is 6.03. The van der Waals surface area contributed by atoms with Crippen LogP contribution < -0.4 is 9.64 Å². The van der Waals surface area contributed by atoms with Gasteiger partial charge in [0.05, 0.1) is 37.4 Å². The molecule has 2 saturated heterocycles. The summed E-state index contributed by atoms with van der Waals surface area (Å²) in [5, 5.41) is 11.1. The summed E-state index contributed by atoms with van der Waals surface area (Å²) in [7, 11) is 0. The minimum Gasteiger partial charge on any atom is -0.493 e. The average molecular weight is 862 g/mol. The number of halogens is 1. The van der Waals surface area contributed by atoms with Gasteiger partial charge in [0, 0.05) is 44.1 Å². The van der Waals surface area contributed by atoms with Gasteiger partial charge in [-0.2, -0.15) is 0 Å². The van der Waals surface area contributed by atoms with Gasteiger partial charge in [-0.25, -0.2) is 4.39 Å². The van der Waals surface area contributed by atoms with Crippen LogP contribution in [0.25, 0.3) is 0 Å². The van der Waals surface area contributed by atoms with E-state index in [1.807, 2.05) is 36.1 Å². The van der Waals surface area contributed by atoms with Crippen LogP contribution in [0.5, 0.6) is 5.75 Å². The third-order valence-corrected chi connectivity index (χ3v) is 12.2. The molecule has 0 bridgehead atoms. The molecule has 2 fully saturated rings. The van der Waals surface area contributed by atoms with Crippen LogP contribution in [-0.2, 0) is 34.9 Å². The molecule has 62 heavy (non-hydrogen) atoms. The smallest absolute Gasteiger partial charge is 0.233 e. The van der Waals surface area contributed by atoms with Gasteiger partial charge in [0.2, 0.25) is 5.91 Å². The second-order valence-corrected chi connectivity index (χ2v) is 17.2. The largest absolute Gasteiger partial charge is 0.493 e. The van der Waals surface area contributed by atoms with Crippen molar-refractivity contribution in [3.63, 3.8) is 0 Å². The van der Waals surface area contributed by atoms with E-state index in [1.54, 1.807) is 12.1 Å². The van der Waals surface area contributed by atoms with Gasteiger partial charge in [0.15, 0.2) is 0 Å². The van der Waals surface area contributed by atoms with Crippen LogP contribution in [0.2, 0.25) is 0 Å². The first-order chi connectivity index (χ1) is 30.2. The van der Waals surface area contributed by atoms with Crippen LogP contribution in [0.3, 0.4) is 0 Å². The fraction of sp³-hybridized carbons (Fsp3) is 0.635. The summed E-state index contributed by atoms with van der Waals surface area (Å²) in [6.07, 6.45) is 8.63. The Hall–Kier alpha value is -3.38. The molecule has 8 atom stereocenters. The maximum Gasteiger partial charge on any atom is 0.233 e. The molecular weight excluding hydrogens is 786 g/mol. The van der Waals surface area contributed by atoms with E-state index in [2.05, 4.69) is 52.8 Å². The van der Waals surface area contributed by atoms with Crippen molar-refractivity contribution < 1.29 is 42.7 Å². The van der Waals surface area contributed by atoms with Crippen molar-refractivity contribution in [3.05, 3.63) is 94.8 Å². The number of anilines is 1. The Morgan fingerprint density at radius 3 is 1.92 bits per heavy atom. The van der Waals surface area contributed by atoms with E-state index in [9.17, 15) is 14.3 Å². The van der Waals surface area contributed by atoms with Gasteiger partial charge in [0.25, 0.3) is 0 Å². The lowest BCUT2D eigenvalue weighted by Gasteiger charge is -2.48. The van der Waals surface area contributed by atoms with Gasteiger partial charge in [-0.05, 0) is 93.3 Å². The average Bonchev–Trinajstić information content (AvgIpc) is 3.27. The molecule has 9 nitrogen and oxygen atoms in total. The van der Waals surface area contributed by atoms with Gasteiger partial charge >= 0.3 is 0 Å². The molecule has 10 heteroatoms. The molecule has 2 aliphatic heterocycles. The number of hydrogen-bond donors (Lipinski definition) is 1. The lowest BCUT2D eigenvalue weighted by Crippen LogP contribution is -2.62. The standard InChI is InChI=1S/C52H76FNO8/c1-7-12-29-57-36-47-50(60-32-15-10-4)51(61-33-16-11-5)49(59-31-14-9-3)46(62-47)35-38-19-26-42(45(34-38)58-30-13-8-2)48-43(27-28-44(55)39-20-22-40(53)23-21-39)52(56)54(48)41-24-17-37(6)18-25-41/h17-26,34,43-44,46-51,55H,7-16,27-33,35-36H2,1-6H3/t43-,44+,46+,47?,48-,49-,50-,51?/m1/s1. The minimum atomic E-state index is -0.824. The monoisotopic (exact) mass is 862 g/mol. The van der Waals surface area contributed by atoms with E-state index >= 15 is 0 Å². The molecule has 0 saturated carbocycles. The maximum absolute atomic E-state index is 14.1. The first-order valence-corrected chi connectivity index (χ1v) is 23.9. The first kappa shape index (κ1) is 49.6. The second kappa shape index (κ2) is 26.4. The third-order valence-electron chi connectivity index (χ3n) is 12.2. The lowest BCUT2D eigenvalue weighted by molar-refractivity contribution is -0.265. The molecule has 344 valence electrons. The fourth-order valence-corrected chi connectivity index (χ4v) is 8.42. The summed E-state index contributed by atoms with van der Waals surface area (Å²) in [6.45, 7) is 16.3. The molecule has 2 aliphatic rings. The van der Waals surface area contributed by atoms with Crippen molar-refractivity contribution in [1.29, 1.82) is 0 Å². The lowest BCUT2D eigenvalue weighted by atomic mass is 9.77. The van der Waals surface area contributed by atoms with Gasteiger partial charge in [0.1, 0.15) is 36.0 Å². The molecule has 1 N–H and O–H groups in total. The van der Waals surface area contributed by atoms with Crippen LogP contribution >= 0.6 is 0 Å². The number of aryl methyl sites for hydroxylation is 1. The van der Waals surface area contributed by atoms with E-state index < -0.39 is 6.10 Å². The fourth-order valence-electron chi connectivity index (χ4n) is 8.42. The van der Waals surface area contributed by atoms with E-state index in [1.165, 1.54) is 12.1 Å². The van der Waals surface area contributed by atoms with E-state index in [0.717, 1.165) is 92.3 Å². The van der Waals surface area contributed by atoms with E-state index in [4.69, 9.17) is 28.4 Å². The number of unbranched alkanes of at least 4 members (excludes halogenated alkanes) is 5. The predicted molar refractivity (Wildman–Crippen MR) is 244 cm³/mol. The molecule has 3 aromatic carbocycles. The second-order valence-electron chi connectivity index (χ2n) is 17.2. The summed E-state index contributed by atoms with van der Waals surface area (Å²) < 4.78 is 53.9. The number of carbonyl (C=O) groups excluding carboxylic acids is 1. The van der Waals surface area contributed by atoms with Crippen LogP contribution in [0, 0.1) is 18.7 Å². The van der Waals surface area contributed by atoms with Crippen LogP contribution in [-0.4, -0.2) is 81.2 Å². The van der Waals surface area contributed by atoms with Crippen molar-refractivity contribution in [3.8, 4) is 5.75 Å². The highest BCUT2D eigenvalue weighted by atomic mass is 19.1. The molecule has 1 amide bonds. The number of benzene rings is 3. The van der Waals surface area contributed by atoms with Crippen LogP contribution in [0.15, 0.2) is 66.7 Å². The van der Waals surface area contributed by atoms with Crippen molar-refractivity contribution in [2.45, 2.75) is 168 Å². The van der Waals surface area contributed by atoms with Crippen LogP contribution in [0.4, 0.5) is 10.1 Å². The number of carbonyl (C=O) groups is 1. The van der Waals surface area contributed by atoms with Crippen molar-refractivity contribution >= 4 is 11.6 Å². The zero-order chi connectivity index (χ0) is 44.3. The highest BCUT2D eigenvalue weighted by Gasteiger charge is 2.51. The predicted octanol–water partition coefficient (Wildman–Crippen LogP) is 11.2. The summed E-state index contributed by atoms with van der Waals surface area (Å²) in [4.78, 5) is 16.0. The summed E-state index contributed by atoms with van der Waals surface area (Å²) in [5.41, 5.74) is 4.53. The first-order valence-electron chi connectivity index (χ1n) is 23.9. The molecule has 0 aliphatic carbocycles. The number of aliphatic hydroxyl groups is 1. The topological polar surface area (TPSA) is 95.9 Å². The number of β-lactam (4-membered cyclic amide) rings is 1. The number of rotatable bonds is 29. The Labute approximate surface area is 372 Å². The molecular formula is C52H76FNO8. The Balaban J connectivity index is 1.49. The number of ether oxygens (including phenoxy) is 6. The quantitative estimate of drug-likeness (QED) is 0.0545. The third kappa shape index (κ3) is 13.8. The van der Waals surface area contributed by atoms with Gasteiger partial charge < -0.3 is 38.4 Å². The van der Waals surface area contributed by atoms with E-state index in [0.29, 0.717) is 64.5 Å². The Kier molecular flexibility index (Phi) is 21.1. The number of nitrogens with zero attached hydrogens (tertiary/aromatic N) is 1. The van der Waals surface area contributed by atoms with Crippen LogP contribution in [0.1, 0.15) is 146 Å². The van der Waals surface area contributed by atoms with Gasteiger partial charge in [-0.3, -0.25) is 4.79 Å². The van der Waals surface area contributed by atoms with Crippen molar-refractivity contribution in [2.75, 3.05) is 44.5 Å². The SMILES string of the molecule is CCCCOCC1O[C@@H](Cc2ccc([C@@H]3[C@@H](CC[C@H](O)c4ccc(F)cc4)C(=O)N3c3ccc(C)cc3)c(OCCCC)c2)[C@@H](OCCCC)C(OCCCC)[C@@H]1OCCCC. The van der Waals surface area contributed by atoms with Gasteiger partial charge in [-0.1, -0.05) is 109 Å². The molecule has 3 aromatic rings. The molecule has 0 spiro atoms. The normalized spacial score (nSPS) is 23.1.